The number of nitrogens with zero attached hydrogens (tertiary/aromatic N) is 1. The first-order valence-electron chi connectivity index (χ1n) is 11.4. The molecule has 0 aliphatic carbocycles. The normalized spacial score (nSPS) is 30.1. The number of ether oxygens (including phenoxy) is 4. The standard InChI is InChI=1S/C26H26N2O6/c1-25-22(23(29)27-12-17-5-3-4-6-18(17)31-2)20-9-10-26(25,34-20)14-28(24(25)30)13-16-7-8-19-21(11-16)33-15-32-19/h3-11,20,22H,12-15H2,1-2H3,(H,27,29)/t20-,22+,25+,26-/m0/s1. The maximum absolute atomic E-state index is 13.8. The molecule has 0 radical (unpaired) electrons. The minimum atomic E-state index is -0.979. The molecule has 8 nitrogen and oxygen atoms in total. The quantitative estimate of drug-likeness (QED) is 0.664. The summed E-state index contributed by atoms with van der Waals surface area (Å²) < 4.78 is 22.6. The zero-order valence-corrected chi connectivity index (χ0v) is 19.1. The van der Waals surface area contributed by atoms with E-state index in [0.717, 1.165) is 11.1 Å². The number of carbonyl (C=O) groups is 2. The van der Waals surface area contributed by atoms with Crippen LogP contribution in [0.5, 0.6) is 17.2 Å². The first kappa shape index (κ1) is 21.0. The molecule has 1 N–H and O–H groups in total. The van der Waals surface area contributed by atoms with Crippen LogP contribution in [0.3, 0.4) is 0 Å². The number of likely N-dealkylation sites (tertiary alicyclic amines) is 1. The summed E-state index contributed by atoms with van der Waals surface area (Å²) in [6, 6.07) is 13.2. The second-order valence-corrected chi connectivity index (χ2v) is 9.39. The van der Waals surface area contributed by atoms with Crippen molar-refractivity contribution in [2.24, 2.45) is 11.3 Å². The third kappa shape index (κ3) is 2.88. The Hall–Kier alpha value is -3.52. The van der Waals surface area contributed by atoms with Crippen molar-refractivity contribution in [1.29, 1.82) is 0 Å². The summed E-state index contributed by atoms with van der Waals surface area (Å²) in [7, 11) is 1.60. The van der Waals surface area contributed by atoms with Crippen molar-refractivity contribution >= 4 is 11.8 Å². The lowest BCUT2D eigenvalue weighted by Crippen LogP contribution is -2.52. The molecule has 6 rings (SSSR count). The summed E-state index contributed by atoms with van der Waals surface area (Å²) >= 11 is 0. The van der Waals surface area contributed by atoms with Gasteiger partial charge in [-0.25, -0.2) is 0 Å². The van der Waals surface area contributed by atoms with Crippen LogP contribution in [0.15, 0.2) is 54.6 Å². The lowest BCUT2D eigenvalue weighted by molar-refractivity contribution is -0.143. The number of para-hydroxylation sites is 1. The van der Waals surface area contributed by atoms with Crippen LogP contribution in [0, 0.1) is 11.3 Å². The number of benzene rings is 2. The van der Waals surface area contributed by atoms with Gasteiger partial charge < -0.3 is 29.2 Å². The third-order valence-electron chi connectivity index (χ3n) is 7.63. The molecule has 4 heterocycles. The molecule has 8 heteroatoms. The first-order chi connectivity index (χ1) is 16.4. The molecule has 4 aliphatic heterocycles. The molecular formula is C26H26N2O6. The summed E-state index contributed by atoms with van der Waals surface area (Å²) in [4.78, 5) is 29.0. The molecule has 4 atom stereocenters. The van der Waals surface area contributed by atoms with Gasteiger partial charge in [-0.15, -0.1) is 0 Å². The van der Waals surface area contributed by atoms with Crippen molar-refractivity contribution in [3.8, 4) is 17.2 Å². The Balaban J connectivity index is 1.23. The number of carbonyl (C=O) groups excluding carboxylic acids is 2. The zero-order valence-electron chi connectivity index (χ0n) is 19.1. The molecular weight excluding hydrogens is 436 g/mol. The molecule has 2 fully saturated rings. The van der Waals surface area contributed by atoms with Crippen molar-refractivity contribution in [2.45, 2.75) is 31.7 Å². The minimum absolute atomic E-state index is 0.0746. The van der Waals surface area contributed by atoms with Crippen LogP contribution in [0.25, 0.3) is 0 Å². The van der Waals surface area contributed by atoms with Gasteiger partial charge in [-0.3, -0.25) is 9.59 Å². The molecule has 0 saturated carbocycles. The van der Waals surface area contributed by atoms with Crippen LogP contribution in [-0.4, -0.2) is 48.9 Å². The summed E-state index contributed by atoms with van der Waals surface area (Å²) in [5.74, 6) is 1.22. The third-order valence-corrected chi connectivity index (χ3v) is 7.63. The molecule has 0 aromatic heterocycles. The van der Waals surface area contributed by atoms with Gasteiger partial charge in [-0.2, -0.15) is 0 Å². The first-order valence-corrected chi connectivity index (χ1v) is 11.4. The largest absolute Gasteiger partial charge is 0.496 e. The van der Waals surface area contributed by atoms with Gasteiger partial charge in [0.25, 0.3) is 0 Å². The van der Waals surface area contributed by atoms with E-state index >= 15 is 0 Å². The molecule has 176 valence electrons. The summed E-state index contributed by atoms with van der Waals surface area (Å²) in [5.41, 5.74) is 0.0267. The highest BCUT2D eigenvalue weighted by Gasteiger charge is 2.74. The van der Waals surface area contributed by atoms with E-state index in [2.05, 4.69) is 5.32 Å². The fourth-order valence-corrected chi connectivity index (χ4v) is 5.83. The van der Waals surface area contributed by atoms with E-state index in [1.807, 2.05) is 61.5 Å². The summed E-state index contributed by atoms with van der Waals surface area (Å²) in [6.07, 6.45) is 3.48. The Bertz CT molecular complexity index is 1210. The van der Waals surface area contributed by atoms with Crippen molar-refractivity contribution in [1.82, 2.24) is 10.2 Å². The Labute approximate surface area is 197 Å². The van der Waals surface area contributed by atoms with E-state index in [0.29, 0.717) is 36.9 Å². The highest BCUT2D eigenvalue weighted by Crippen LogP contribution is 2.60. The van der Waals surface area contributed by atoms with Crippen molar-refractivity contribution in [3.63, 3.8) is 0 Å². The van der Waals surface area contributed by atoms with Gasteiger partial charge in [-0.1, -0.05) is 36.4 Å². The molecule has 34 heavy (non-hydrogen) atoms. The number of hydrogen-bond acceptors (Lipinski definition) is 6. The monoisotopic (exact) mass is 462 g/mol. The summed E-state index contributed by atoms with van der Waals surface area (Å²) in [6.45, 7) is 3.19. The number of methoxy groups -OCH3 is 1. The van der Waals surface area contributed by atoms with E-state index < -0.39 is 23.0 Å². The van der Waals surface area contributed by atoms with Crippen molar-refractivity contribution in [3.05, 3.63) is 65.7 Å². The maximum atomic E-state index is 13.8. The van der Waals surface area contributed by atoms with Gasteiger partial charge in [0.15, 0.2) is 11.5 Å². The SMILES string of the molecule is COc1ccccc1CNC(=O)[C@H]1[C@@H]2C=C[C@@]3(CN(Cc4ccc5c(c4)OCO5)C(=O)[C@@]13C)O2. The predicted molar refractivity (Wildman–Crippen MR) is 121 cm³/mol. The molecule has 0 unspecified atom stereocenters. The molecule has 4 aliphatic rings. The van der Waals surface area contributed by atoms with Crippen LogP contribution in [0.2, 0.25) is 0 Å². The minimum Gasteiger partial charge on any atom is -0.496 e. The molecule has 2 saturated heterocycles. The lowest BCUT2D eigenvalue weighted by atomic mass is 9.64. The Morgan fingerprint density at radius 3 is 2.88 bits per heavy atom. The van der Waals surface area contributed by atoms with Crippen LogP contribution in [-0.2, 0) is 27.4 Å². The molecule has 1 spiro atoms. The van der Waals surface area contributed by atoms with E-state index in [9.17, 15) is 9.59 Å². The highest BCUT2D eigenvalue weighted by atomic mass is 16.7. The molecule has 2 aromatic carbocycles. The topological polar surface area (TPSA) is 86.3 Å². The van der Waals surface area contributed by atoms with Gasteiger partial charge in [-0.05, 0) is 30.7 Å². The average Bonchev–Trinajstić information content (AvgIpc) is 3.58. The fourth-order valence-electron chi connectivity index (χ4n) is 5.83. The second kappa shape index (κ2) is 7.50. The average molecular weight is 463 g/mol. The van der Waals surface area contributed by atoms with E-state index in [1.165, 1.54) is 0 Å². The highest BCUT2D eigenvalue weighted by molar-refractivity contribution is 5.96. The Morgan fingerprint density at radius 2 is 2.03 bits per heavy atom. The Morgan fingerprint density at radius 1 is 1.21 bits per heavy atom. The van der Waals surface area contributed by atoms with Gasteiger partial charge in [0.1, 0.15) is 11.4 Å². The van der Waals surface area contributed by atoms with E-state index in [4.69, 9.17) is 18.9 Å². The predicted octanol–water partition coefficient (Wildman–Crippen LogP) is 2.41. The second-order valence-electron chi connectivity index (χ2n) is 9.39. The van der Waals surface area contributed by atoms with Crippen LogP contribution >= 0.6 is 0 Å². The van der Waals surface area contributed by atoms with Crippen LogP contribution < -0.4 is 19.5 Å². The lowest BCUT2D eigenvalue weighted by Gasteiger charge is -2.34. The van der Waals surface area contributed by atoms with Gasteiger partial charge in [0.2, 0.25) is 18.6 Å². The Kier molecular flexibility index (Phi) is 4.64. The number of nitrogens with one attached hydrogen (secondary N) is 1. The van der Waals surface area contributed by atoms with Gasteiger partial charge in [0, 0.05) is 18.7 Å². The number of fused-ring (bicyclic) bond motifs is 2. The maximum Gasteiger partial charge on any atom is 0.233 e. The molecule has 2 bridgehead atoms. The van der Waals surface area contributed by atoms with Crippen molar-refractivity contribution < 1.29 is 28.5 Å². The molecule has 2 amide bonds. The van der Waals surface area contributed by atoms with E-state index in [1.54, 1.807) is 12.0 Å². The fraction of sp³-hybridized carbons (Fsp3) is 0.385. The van der Waals surface area contributed by atoms with Gasteiger partial charge >= 0.3 is 0 Å². The smallest absolute Gasteiger partial charge is 0.233 e. The van der Waals surface area contributed by atoms with Gasteiger partial charge in [0.05, 0.1) is 31.1 Å². The number of amides is 2. The molecule has 2 aromatic rings. The van der Waals surface area contributed by atoms with Crippen molar-refractivity contribution in [2.75, 3.05) is 20.4 Å². The number of hydrogen-bond donors (Lipinski definition) is 1. The van der Waals surface area contributed by atoms with Crippen LogP contribution in [0.1, 0.15) is 18.1 Å². The van der Waals surface area contributed by atoms with Crippen LogP contribution in [0.4, 0.5) is 0 Å². The summed E-state index contributed by atoms with van der Waals surface area (Å²) in [5, 5.41) is 3.01. The zero-order chi connectivity index (χ0) is 23.5. The number of rotatable bonds is 6. The van der Waals surface area contributed by atoms with E-state index in [-0.39, 0.29) is 18.6 Å².